The van der Waals surface area contributed by atoms with Gasteiger partial charge in [0.05, 0.1) is 24.0 Å². The molecular formula is C22H10F4N4. The van der Waals surface area contributed by atoms with Gasteiger partial charge >= 0.3 is 0 Å². The molecule has 8 heteroatoms. The SMILES string of the molecule is N#Cc1cccc(F)c1-c1cc(-c2cnnc(-c3ncc(F)cc3F)c2)ccc1F. The van der Waals surface area contributed by atoms with Crippen molar-refractivity contribution in [2.24, 2.45) is 0 Å². The number of aromatic nitrogens is 3. The van der Waals surface area contributed by atoms with Gasteiger partial charge in [0.2, 0.25) is 0 Å². The highest BCUT2D eigenvalue weighted by Gasteiger charge is 2.17. The van der Waals surface area contributed by atoms with Gasteiger partial charge in [0.15, 0.2) is 5.82 Å². The summed E-state index contributed by atoms with van der Waals surface area (Å²) in [6.07, 6.45) is 2.21. The Balaban J connectivity index is 1.84. The average molecular weight is 406 g/mol. The van der Waals surface area contributed by atoms with Crippen molar-refractivity contribution in [3.63, 3.8) is 0 Å². The number of pyridine rings is 1. The monoisotopic (exact) mass is 406 g/mol. The lowest BCUT2D eigenvalue weighted by Crippen LogP contribution is -1.97. The van der Waals surface area contributed by atoms with E-state index in [1.807, 2.05) is 6.07 Å². The van der Waals surface area contributed by atoms with E-state index in [9.17, 15) is 22.8 Å². The van der Waals surface area contributed by atoms with Crippen LogP contribution < -0.4 is 0 Å². The molecule has 4 nitrogen and oxygen atoms in total. The minimum absolute atomic E-state index is 0.0165. The maximum Gasteiger partial charge on any atom is 0.154 e. The summed E-state index contributed by atoms with van der Waals surface area (Å²) in [5.41, 5.74) is 0.406. The maximum atomic E-state index is 14.5. The maximum absolute atomic E-state index is 14.5. The minimum Gasteiger partial charge on any atom is -0.248 e. The molecule has 0 fully saturated rings. The zero-order valence-corrected chi connectivity index (χ0v) is 15.1. The van der Waals surface area contributed by atoms with Crippen molar-refractivity contribution < 1.29 is 17.6 Å². The van der Waals surface area contributed by atoms with Gasteiger partial charge in [-0.1, -0.05) is 12.1 Å². The van der Waals surface area contributed by atoms with E-state index >= 15 is 0 Å². The van der Waals surface area contributed by atoms with Crippen LogP contribution in [0.4, 0.5) is 17.6 Å². The minimum atomic E-state index is -0.911. The molecule has 2 aromatic heterocycles. The number of nitrogens with zero attached hydrogens (tertiary/aromatic N) is 4. The van der Waals surface area contributed by atoms with Crippen LogP contribution in [0.15, 0.2) is 60.9 Å². The van der Waals surface area contributed by atoms with Crippen LogP contribution in [0.3, 0.4) is 0 Å². The lowest BCUT2D eigenvalue weighted by atomic mass is 9.95. The summed E-state index contributed by atoms with van der Waals surface area (Å²) in [6, 6.07) is 11.8. The molecule has 0 spiro atoms. The summed E-state index contributed by atoms with van der Waals surface area (Å²) >= 11 is 0. The molecule has 0 radical (unpaired) electrons. The Morgan fingerprint density at radius 1 is 0.800 bits per heavy atom. The van der Waals surface area contributed by atoms with Crippen molar-refractivity contribution in [1.82, 2.24) is 15.2 Å². The number of nitriles is 1. The molecule has 0 saturated heterocycles. The highest BCUT2D eigenvalue weighted by atomic mass is 19.1. The predicted molar refractivity (Wildman–Crippen MR) is 101 cm³/mol. The molecular weight excluding hydrogens is 396 g/mol. The predicted octanol–water partition coefficient (Wildman–Crippen LogP) is 5.30. The van der Waals surface area contributed by atoms with Gasteiger partial charge in [-0.15, -0.1) is 5.10 Å². The number of hydrogen-bond acceptors (Lipinski definition) is 4. The molecule has 0 saturated carbocycles. The molecule has 0 unspecified atom stereocenters. The standard InChI is InChI=1S/C22H10F4N4/c23-15-8-19(26)22(28-11-15)20-7-14(10-29-30-20)12-4-5-17(24)16(6-12)21-13(9-27)2-1-3-18(21)25/h1-8,10-11H. The molecule has 4 rings (SSSR count). The lowest BCUT2D eigenvalue weighted by Gasteiger charge is -2.10. The highest BCUT2D eigenvalue weighted by molar-refractivity contribution is 5.78. The van der Waals surface area contributed by atoms with Gasteiger partial charge in [0, 0.05) is 22.8 Å². The van der Waals surface area contributed by atoms with Crippen LogP contribution >= 0.6 is 0 Å². The van der Waals surface area contributed by atoms with E-state index in [1.165, 1.54) is 36.5 Å². The smallest absolute Gasteiger partial charge is 0.154 e. The number of hydrogen-bond donors (Lipinski definition) is 0. The van der Waals surface area contributed by atoms with Crippen LogP contribution in [0.2, 0.25) is 0 Å². The summed E-state index contributed by atoms with van der Waals surface area (Å²) in [5, 5.41) is 16.9. The van der Waals surface area contributed by atoms with Crippen LogP contribution in [0, 0.1) is 34.6 Å². The van der Waals surface area contributed by atoms with Gasteiger partial charge in [-0.2, -0.15) is 10.4 Å². The average Bonchev–Trinajstić information content (AvgIpc) is 2.74. The molecule has 0 atom stereocenters. The Hall–Kier alpha value is -4.12. The van der Waals surface area contributed by atoms with Crippen LogP contribution in [0.25, 0.3) is 33.6 Å². The molecule has 4 aromatic rings. The van der Waals surface area contributed by atoms with E-state index < -0.39 is 23.3 Å². The van der Waals surface area contributed by atoms with Crippen molar-refractivity contribution in [1.29, 1.82) is 5.26 Å². The molecule has 30 heavy (non-hydrogen) atoms. The third-order valence-electron chi connectivity index (χ3n) is 4.41. The van der Waals surface area contributed by atoms with Gasteiger partial charge in [-0.05, 0) is 35.9 Å². The zero-order chi connectivity index (χ0) is 21.3. The Morgan fingerprint density at radius 2 is 1.63 bits per heavy atom. The largest absolute Gasteiger partial charge is 0.248 e. The Kier molecular flexibility index (Phi) is 4.94. The fraction of sp³-hybridized carbons (Fsp3) is 0. The first-order valence-corrected chi connectivity index (χ1v) is 8.61. The van der Waals surface area contributed by atoms with Gasteiger partial charge in [0.1, 0.15) is 28.8 Å². The first-order chi connectivity index (χ1) is 14.5. The topological polar surface area (TPSA) is 62.5 Å². The first kappa shape index (κ1) is 19.2. The van der Waals surface area contributed by atoms with Crippen molar-refractivity contribution in [3.05, 3.63) is 89.8 Å². The quantitative estimate of drug-likeness (QED) is 0.433. The van der Waals surface area contributed by atoms with Gasteiger partial charge in [-0.3, -0.25) is 0 Å². The normalized spacial score (nSPS) is 10.6. The number of rotatable bonds is 3. The Morgan fingerprint density at radius 3 is 2.40 bits per heavy atom. The van der Waals surface area contributed by atoms with E-state index in [0.717, 1.165) is 18.3 Å². The third-order valence-corrected chi connectivity index (χ3v) is 4.41. The van der Waals surface area contributed by atoms with Crippen LogP contribution in [0.5, 0.6) is 0 Å². The lowest BCUT2D eigenvalue weighted by molar-refractivity contribution is 0.575. The molecule has 0 N–H and O–H groups in total. The summed E-state index contributed by atoms with van der Waals surface area (Å²) in [6.45, 7) is 0. The van der Waals surface area contributed by atoms with Gasteiger partial charge in [0.25, 0.3) is 0 Å². The molecule has 0 aliphatic heterocycles. The number of halogens is 4. The van der Waals surface area contributed by atoms with Crippen LogP contribution in [0.1, 0.15) is 5.56 Å². The van der Waals surface area contributed by atoms with E-state index in [-0.39, 0.29) is 28.1 Å². The number of benzene rings is 2. The van der Waals surface area contributed by atoms with Crippen molar-refractivity contribution in [2.45, 2.75) is 0 Å². The molecule has 0 bridgehead atoms. The van der Waals surface area contributed by atoms with Crippen LogP contribution in [-0.2, 0) is 0 Å². The van der Waals surface area contributed by atoms with E-state index in [4.69, 9.17) is 0 Å². The fourth-order valence-corrected chi connectivity index (χ4v) is 3.03. The van der Waals surface area contributed by atoms with Crippen molar-refractivity contribution >= 4 is 0 Å². The summed E-state index contributed by atoms with van der Waals surface area (Å²) in [4.78, 5) is 3.70. The first-order valence-electron chi connectivity index (χ1n) is 8.61. The van der Waals surface area contributed by atoms with Gasteiger partial charge in [-0.25, -0.2) is 22.5 Å². The third kappa shape index (κ3) is 3.49. The summed E-state index contributed by atoms with van der Waals surface area (Å²) < 4.78 is 56.0. The molecule has 2 heterocycles. The Bertz CT molecular complexity index is 1320. The Labute approximate surface area is 168 Å². The summed E-state index contributed by atoms with van der Waals surface area (Å²) in [5.74, 6) is -3.20. The van der Waals surface area contributed by atoms with Gasteiger partial charge < -0.3 is 0 Å². The molecule has 0 aliphatic carbocycles. The highest BCUT2D eigenvalue weighted by Crippen LogP contribution is 2.33. The fourth-order valence-electron chi connectivity index (χ4n) is 3.03. The second-order valence-corrected chi connectivity index (χ2v) is 6.28. The van der Waals surface area contributed by atoms with E-state index in [0.29, 0.717) is 17.2 Å². The van der Waals surface area contributed by atoms with Crippen molar-refractivity contribution in [3.8, 4) is 39.7 Å². The zero-order valence-electron chi connectivity index (χ0n) is 15.1. The molecule has 0 aliphatic rings. The molecule has 2 aromatic carbocycles. The van der Waals surface area contributed by atoms with Crippen molar-refractivity contribution in [2.75, 3.05) is 0 Å². The second-order valence-electron chi connectivity index (χ2n) is 6.28. The van der Waals surface area contributed by atoms with E-state index in [1.54, 1.807) is 0 Å². The molecule has 0 amide bonds. The molecule has 146 valence electrons. The van der Waals surface area contributed by atoms with E-state index in [2.05, 4.69) is 15.2 Å². The second kappa shape index (κ2) is 7.72. The van der Waals surface area contributed by atoms with Crippen LogP contribution in [-0.4, -0.2) is 15.2 Å². The summed E-state index contributed by atoms with van der Waals surface area (Å²) in [7, 11) is 0.